The second-order valence-corrected chi connectivity index (χ2v) is 2.36. The van der Waals surface area contributed by atoms with Gasteiger partial charge in [-0.15, -0.1) is 0 Å². The Hall–Kier alpha value is -0.350. The third kappa shape index (κ3) is 4.16. The molecule has 3 nitrogen and oxygen atoms in total. The molecule has 0 saturated heterocycles. The lowest BCUT2D eigenvalue weighted by molar-refractivity contribution is 0.174. The molecule has 0 saturated carbocycles. The van der Waals surface area contributed by atoms with Crippen LogP contribution in [0.15, 0.2) is 0 Å². The quantitative estimate of drug-likeness (QED) is 0.638. The molecule has 0 amide bonds. The Morgan fingerprint density at radius 3 is 2.36 bits per heavy atom. The fourth-order valence-corrected chi connectivity index (χ4v) is 1.05. The molecule has 4 heteroatoms. The molecule has 0 aromatic rings. The predicted molar refractivity (Wildman–Crippen MR) is 48.6 cm³/mol. The highest BCUT2D eigenvalue weighted by atomic mass is 32.1. The van der Waals surface area contributed by atoms with Crippen LogP contribution in [0.25, 0.3) is 0 Å². The van der Waals surface area contributed by atoms with Gasteiger partial charge in [0.2, 0.25) is 0 Å². The Kier molecular flexibility index (Phi) is 6.16. The molecule has 66 valence electrons. The summed E-state index contributed by atoms with van der Waals surface area (Å²) in [5.74, 6) is 0. The Labute approximate surface area is 73.0 Å². The monoisotopic (exact) mass is 177 g/mol. The molecule has 0 aromatic carbocycles. The van der Waals surface area contributed by atoms with Gasteiger partial charge >= 0.3 is 0 Å². The SMILES string of the molecule is CCN(CC)C(=S)OCCO. The molecule has 0 aliphatic heterocycles. The minimum absolute atomic E-state index is 0.0153. The summed E-state index contributed by atoms with van der Waals surface area (Å²) in [5.41, 5.74) is 0. The van der Waals surface area contributed by atoms with Crippen molar-refractivity contribution in [2.75, 3.05) is 26.3 Å². The highest BCUT2D eigenvalue weighted by Gasteiger charge is 2.04. The summed E-state index contributed by atoms with van der Waals surface area (Å²) < 4.78 is 5.04. The van der Waals surface area contributed by atoms with Crippen LogP contribution in [-0.4, -0.2) is 41.5 Å². The Morgan fingerprint density at radius 1 is 1.45 bits per heavy atom. The third-order valence-corrected chi connectivity index (χ3v) is 1.71. The first-order valence-electron chi connectivity index (χ1n) is 3.78. The van der Waals surface area contributed by atoms with Gasteiger partial charge < -0.3 is 14.7 Å². The van der Waals surface area contributed by atoms with Crippen LogP contribution in [0.5, 0.6) is 0 Å². The molecule has 0 fully saturated rings. The van der Waals surface area contributed by atoms with Crippen LogP contribution in [0, 0.1) is 0 Å². The van der Waals surface area contributed by atoms with Gasteiger partial charge in [0, 0.05) is 13.1 Å². The Morgan fingerprint density at radius 2 is 2.00 bits per heavy atom. The lowest BCUT2D eigenvalue weighted by Gasteiger charge is -2.20. The number of rotatable bonds is 4. The number of hydrogen-bond donors (Lipinski definition) is 1. The van der Waals surface area contributed by atoms with Crippen LogP contribution in [0.1, 0.15) is 13.8 Å². The Bertz CT molecular complexity index is 115. The first-order chi connectivity index (χ1) is 5.26. The van der Waals surface area contributed by atoms with Crippen LogP contribution >= 0.6 is 12.2 Å². The van der Waals surface area contributed by atoms with Crippen molar-refractivity contribution in [3.8, 4) is 0 Å². The minimum Gasteiger partial charge on any atom is -0.468 e. The van der Waals surface area contributed by atoms with Crippen molar-refractivity contribution in [2.24, 2.45) is 0 Å². The molecular formula is C7H15NO2S. The standard InChI is InChI=1S/C7H15NO2S/c1-3-8(4-2)7(11)10-6-5-9/h9H,3-6H2,1-2H3. The number of thiocarbonyl (C=S) groups is 1. The minimum atomic E-state index is 0.0153. The van der Waals surface area contributed by atoms with E-state index in [1.807, 2.05) is 18.7 Å². The van der Waals surface area contributed by atoms with E-state index in [2.05, 4.69) is 0 Å². The number of nitrogens with zero attached hydrogens (tertiary/aromatic N) is 1. The average molecular weight is 177 g/mol. The number of aliphatic hydroxyl groups excluding tert-OH is 1. The van der Waals surface area contributed by atoms with Crippen molar-refractivity contribution >= 4 is 17.4 Å². The van der Waals surface area contributed by atoms with Gasteiger partial charge in [-0.1, -0.05) is 0 Å². The molecule has 11 heavy (non-hydrogen) atoms. The van der Waals surface area contributed by atoms with E-state index >= 15 is 0 Å². The van der Waals surface area contributed by atoms with Gasteiger partial charge in [-0.05, 0) is 26.1 Å². The zero-order valence-corrected chi connectivity index (χ0v) is 7.86. The van der Waals surface area contributed by atoms with Gasteiger partial charge in [-0.25, -0.2) is 0 Å². The van der Waals surface area contributed by atoms with Gasteiger partial charge in [0.1, 0.15) is 6.61 Å². The predicted octanol–water partition coefficient (Wildman–Crippen LogP) is 0.622. The molecule has 0 radical (unpaired) electrons. The first-order valence-corrected chi connectivity index (χ1v) is 4.19. The summed E-state index contributed by atoms with van der Waals surface area (Å²) in [4.78, 5) is 1.92. The molecule has 0 heterocycles. The van der Waals surface area contributed by atoms with Gasteiger partial charge in [-0.3, -0.25) is 0 Å². The van der Waals surface area contributed by atoms with Crippen LogP contribution in [0.4, 0.5) is 0 Å². The van der Waals surface area contributed by atoms with Crippen molar-refractivity contribution in [1.82, 2.24) is 4.90 Å². The van der Waals surface area contributed by atoms with Gasteiger partial charge in [0.05, 0.1) is 6.61 Å². The van der Waals surface area contributed by atoms with E-state index in [0.717, 1.165) is 13.1 Å². The normalized spacial score (nSPS) is 9.36. The summed E-state index contributed by atoms with van der Waals surface area (Å²) in [6.45, 7) is 6.02. The average Bonchev–Trinajstić information content (AvgIpc) is 2.03. The van der Waals surface area contributed by atoms with E-state index in [9.17, 15) is 0 Å². The number of ether oxygens (including phenoxy) is 1. The van der Waals surface area contributed by atoms with Gasteiger partial charge in [0.25, 0.3) is 5.17 Å². The van der Waals surface area contributed by atoms with Gasteiger partial charge in [-0.2, -0.15) is 0 Å². The maximum atomic E-state index is 8.44. The maximum Gasteiger partial charge on any atom is 0.259 e. The van der Waals surface area contributed by atoms with E-state index < -0.39 is 0 Å². The lowest BCUT2D eigenvalue weighted by atomic mass is 10.6. The van der Waals surface area contributed by atoms with E-state index in [0.29, 0.717) is 5.17 Å². The first kappa shape index (κ1) is 10.7. The van der Waals surface area contributed by atoms with Crippen molar-refractivity contribution in [3.63, 3.8) is 0 Å². The van der Waals surface area contributed by atoms with Crippen molar-refractivity contribution in [2.45, 2.75) is 13.8 Å². The van der Waals surface area contributed by atoms with Crippen LogP contribution in [0.2, 0.25) is 0 Å². The highest BCUT2D eigenvalue weighted by Crippen LogP contribution is 1.92. The largest absolute Gasteiger partial charge is 0.468 e. The second kappa shape index (κ2) is 6.37. The van der Waals surface area contributed by atoms with Crippen molar-refractivity contribution < 1.29 is 9.84 Å². The summed E-state index contributed by atoms with van der Waals surface area (Å²) in [7, 11) is 0. The van der Waals surface area contributed by atoms with Crippen LogP contribution < -0.4 is 0 Å². The molecule has 0 aliphatic rings. The highest BCUT2D eigenvalue weighted by molar-refractivity contribution is 7.80. The molecule has 0 rings (SSSR count). The van der Waals surface area contributed by atoms with Crippen molar-refractivity contribution in [3.05, 3.63) is 0 Å². The fraction of sp³-hybridized carbons (Fsp3) is 0.857. The molecule has 0 bridgehead atoms. The van der Waals surface area contributed by atoms with Crippen LogP contribution in [-0.2, 0) is 4.74 Å². The molecule has 0 spiro atoms. The second-order valence-electron chi connectivity index (χ2n) is 2.01. The fourth-order valence-electron chi connectivity index (χ4n) is 0.706. The van der Waals surface area contributed by atoms with E-state index in [1.165, 1.54) is 0 Å². The number of aliphatic hydroxyl groups is 1. The number of hydrogen-bond acceptors (Lipinski definition) is 3. The summed E-state index contributed by atoms with van der Waals surface area (Å²) in [6, 6.07) is 0. The van der Waals surface area contributed by atoms with Crippen molar-refractivity contribution in [1.29, 1.82) is 0 Å². The third-order valence-electron chi connectivity index (χ3n) is 1.34. The molecule has 0 aliphatic carbocycles. The maximum absolute atomic E-state index is 8.44. The Balaban J connectivity index is 3.61. The van der Waals surface area contributed by atoms with E-state index in [4.69, 9.17) is 22.1 Å². The lowest BCUT2D eigenvalue weighted by Crippen LogP contribution is -2.31. The zero-order valence-electron chi connectivity index (χ0n) is 7.04. The van der Waals surface area contributed by atoms with Gasteiger partial charge in [0.15, 0.2) is 0 Å². The summed E-state index contributed by atoms with van der Waals surface area (Å²) in [5, 5.41) is 8.92. The topological polar surface area (TPSA) is 32.7 Å². The van der Waals surface area contributed by atoms with E-state index in [-0.39, 0.29) is 13.2 Å². The van der Waals surface area contributed by atoms with E-state index in [1.54, 1.807) is 0 Å². The van der Waals surface area contributed by atoms with Crippen LogP contribution in [0.3, 0.4) is 0 Å². The molecular weight excluding hydrogens is 162 g/mol. The molecule has 0 unspecified atom stereocenters. The molecule has 0 aromatic heterocycles. The zero-order chi connectivity index (χ0) is 8.69. The molecule has 0 atom stereocenters. The summed E-state index contributed by atoms with van der Waals surface area (Å²) >= 11 is 4.93. The smallest absolute Gasteiger partial charge is 0.259 e. The molecule has 1 N–H and O–H groups in total. The summed E-state index contributed by atoms with van der Waals surface area (Å²) in [6.07, 6.45) is 0.